The minimum atomic E-state index is -0.981. The molecule has 34 heavy (non-hydrogen) atoms. The van der Waals surface area contributed by atoms with Crippen LogP contribution in [-0.4, -0.2) is 26.5 Å². The Hall–Kier alpha value is -4.65. The highest BCUT2D eigenvalue weighted by molar-refractivity contribution is 6.06. The molecule has 0 aliphatic carbocycles. The first-order valence-electron chi connectivity index (χ1n) is 10.8. The maximum absolute atomic E-state index is 13.0. The van der Waals surface area contributed by atoms with Crippen LogP contribution in [0.1, 0.15) is 32.0 Å². The number of nitrogens with zero attached hydrogens (tertiary/aromatic N) is 2. The Labute approximate surface area is 195 Å². The summed E-state index contributed by atoms with van der Waals surface area (Å²) >= 11 is 0. The largest absolute Gasteiger partial charge is 0.478 e. The highest BCUT2D eigenvalue weighted by Crippen LogP contribution is 2.23. The van der Waals surface area contributed by atoms with Crippen molar-refractivity contribution in [2.24, 2.45) is 0 Å². The van der Waals surface area contributed by atoms with Crippen molar-refractivity contribution in [3.05, 3.63) is 114 Å². The zero-order chi connectivity index (χ0) is 23.5. The van der Waals surface area contributed by atoms with E-state index in [1.54, 1.807) is 24.5 Å². The van der Waals surface area contributed by atoms with E-state index < -0.39 is 5.97 Å². The van der Waals surface area contributed by atoms with E-state index in [2.05, 4.69) is 10.3 Å². The molecule has 5 rings (SSSR count). The number of hydrogen-bond donors (Lipinski definition) is 2. The normalized spacial score (nSPS) is 10.9. The first-order valence-corrected chi connectivity index (χ1v) is 10.8. The molecule has 0 spiro atoms. The predicted octanol–water partition coefficient (Wildman–Crippen LogP) is 4.97. The summed E-state index contributed by atoms with van der Waals surface area (Å²) in [6.45, 7) is 0.750. The van der Waals surface area contributed by atoms with Gasteiger partial charge in [0.15, 0.2) is 0 Å². The fourth-order valence-electron chi connectivity index (χ4n) is 3.89. The Balaban J connectivity index is 1.36. The highest BCUT2D eigenvalue weighted by atomic mass is 16.4. The SMILES string of the molecule is O=C(O)c1ccc(CNC(=O)c2cccc3ccn(Cc4coc(-c5ccccc5)n4)c23)cc1. The topological polar surface area (TPSA) is 97.4 Å². The zero-order valence-corrected chi connectivity index (χ0v) is 18.1. The lowest BCUT2D eigenvalue weighted by Gasteiger charge is -2.10. The number of para-hydroxylation sites is 1. The third-order valence-electron chi connectivity index (χ3n) is 5.59. The summed E-state index contributed by atoms with van der Waals surface area (Å²) in [5, 5.41) is 12.9. The molecule has 0 atom stereocenters. The van der Waals surface area contributed by atoms with Gasteiger partial charge in [0, 0.05) is 23.7 Å². The maximum Gasteiger partial charge on any atom is 0.335 e. The van der Waals surface area contributed by atoms with Crippen LogP contribution in [0.2, 0.25) is 0 Å². The van der Waals surface area contributed by atoms with E-state index in [1.165, 1.54) is 12.1 Å². The average molecular weight is 451 g/mol. The molecular weight excluding hydrogens is 430 g/mol. The van der Waals surface area contributed by atoms with Crippen LogP contribution in [0.25, 0.3) is 22.4 Å². The van der Waals surface area contributed by atoms with Crippen LogP contribution < -0.4 is 5.32 Å². The summed E-state index contributed by atoms with van der Waals surface area (Å²) in [6, 6.07) is 23.7. The number of oxazole rings is 1. The van der Waals surface area contributed by atoms with Crippen LogP contribution in [-0.2, 0) is 13.1 Å². The van der Waals surface area contributed by atoms with Gasteiger partial charge in [0.1, 0.15) is 6.26 Å². The number of nitrogens with one attached hydrogen (secondary N) is 1. The lowest BCUT2D eigenvalue weighted by molar-refractivity contribution is 0.0696. The van der Waals surface area contributed by atoms with Crippen molar-refractivity contribution in [3.63, 3.8) is 0 Å². The van der Waals surface area contributed by atoms with E-state index >= 15 is 0 Å². The minimum absolute atomic E-state index is 0.209. The van der Waals surface area contributed by atoms with Gasteiger partial charge in [-0.3, -0.25) is 4.79 Å². The lowest BCUT2D eigenvalue weighted by atomic mass is 10.1. The molecule has 2 N–H and O–H groups in total. The summed E-state index contributed by atoms with van der Waals surface area (Å²) in [6.07, 6.45) is 3.57. The van der Waals surface area contributed by atoms with Crippen LogP contribution in [0, 0.1) is 0 Å². The highest BCUT2D eigenvalue weighted by Gasteiger charge is 2.15. The average Bonchev–Trinajstić information content (AvgIpc) is 3.51. The van der Waals surface area contributed by atoms with Gasteiger partial charge in [-0.1, -0.05) is 42.5 Å². The van der Waals surface area contributed by atoms with E-state index in [-0.39, 0.29) is 11.5 Å². The molecule has 0 saturated heterocycles. The smallest absolute Gasteiger partial charge is 0.335 e. The summed E-state index contributed by atoms with van der Waals surface area (Å²) in [5.41, 5.74) is 4.05. The number of carbonyl (C=O) groups is 2. The number of carboxylic acids is 1. The van der Waals surface area contributed by atoms with Crippen LogP contribution in [0.5, 0.6) is 0 Å². The summed E-state index contributed by atoms with van der Waals surface area (Å²) in [4.78, 5) is 28.7. The molecule has 0 radical (unpaired) electrons. The Kier molecular flexibility index (Phi) is 5.66. The van der Waals surface area contributed by atoms with Gasteiger partial charge in [-0.2, -0.15) is 0 Å². The van der Waals surface area contributed by atoms with Gasteiger partial charge in [0.2, 0.25) is 5.89 Å². The molecule has 2 aromatic heterocycles. The van der Waals surface area contributed by atoms with E-state index in [0.717, 1.165) is 27.7 Å². The van der Waals surface area contributed by atoms with Gasteiger partial charge in [-0.25, -0.2) is 9.78 Å². The molecule has 0 bridgehead atoms. The molecule has 5 aromatic rings. The molecule has 0 aliphatic rings. The zero-order valence-electron chi connectivity index (χ0n) is 18.1. The Morgan fingerprint density at radius 1 is 0.941 bits per heavy atom. The fraction of sp³-hybridized carbons (Fsp3) is 0.0741. The van der Waals surface area contributed by atoms with Gasteiger partial charge in [-0.05, 0) is 42.0 Å². The lowest BCUT2D eigenvalue weighted by Crippen LogP contribution is -2.23. The van der Waals surface area contributed by atoms with E-state index in [0.29, 0.717) is 24.5 Å². The molecule has 0 aliphatic heterocycles. The third-order valence-corrected chi connectivity index (χ3v) is 5.59. The van der Waals surface area contributed by atoms with Crippen LogP contribution >= 0.6 is 0 Å². The van der Waals surface area contributed by atoms with Crippen LogP contribution in [0.3, 0.4) is 0 Å². The number of benzene rings is 3. The number of rotatable bonds is 7. The minimum Gasteiger partial charge on any atom is -0.478 e. The second-order valence-electron chi connectivity index (χ2n) is 7.88. The second kappa shape index (κ2) is 9.07. The van der Waals surface area contributed by atoms with Gasteiger partial charge >= 0.3 is 5.97 Å². The molecule has 0 saturated carbocycles. The van der Waals surface area contributed by atoms with Crippen molar-refractivity contribution in [1.82, 2.24) is 14.9 Å². The van der Waals surface area contributed by atoms with Crippen LogP contribution in [0.4, 0.5) is 0 Å². The number of amides is 1. The third kappa shape index (κ3) is 4.31. The van der Waals surface area contributed by atoms with Crippen LogP contribution in [0.15, 0.2) is 95.7 Å². The summed E-state index contributed by atoms with van der Waals surface area (Å²) in [7, 11) is 0. The Morgan fingerprint density at radius 3 is 2.50 bits per heavy atom. The molecule has 7 nitrogen and oxygen atoms in total. The van der Waals surface area contributed by atoms with Crippen molar-refractivity contribution < 1.29 is 19.1 Å². The van der Waals surface area contributed by atoms with Crippen molar-refractivity contribution in [2.75, 3.05) is 0 Å². The number of aromatic nitrogens is 2. The number of hydrogen-bond acceptors (Lipinski definition) is 4. The number of aromatic carboxylic acids is 1. The number of carbonyl (C=O) groups excluding carboxylic acids is 1. The fourth-order valence-corrected chi connectivity index (χ4v) is 3.89. The maximum atomic E-state index is 13.0. The van der Waals surface area contributed by atoms with Crippen molar-refractivity contribution in [2.45, 2.75) is 13.1 Å². The molecule has 7 heteroatoms. The molecule has 3 aromatic carbocycles. The Bertz CT molecular complexity index is 1470. The molecule has 2 heterocycles. The van der Waals surface area contributed by atoms with E-state index in [1.807, 2.05) is 59.3 Å². The molecule has 168 valence electrons. The van der Waals surface area contributed by atoms with Crippen molar-refractivity contribution in [1.29, 1.82) is 0 Å². The molecule has 0 fully saturated rings. The van der Waals surface area contributed by atoms with E-state index in [9.17, 15) is 9.59 Å². The molecule has 1 amide bonds. The Morgan fingerprint density at radius 2 is 1.74 bits per heavy atom. The van der Waals surface area contributed by atoms with Crippen molar-refractivity contribution >= 4 is 22.8 Å². The monoisotopic (exact) mass is 451 g/mol. The predicted molar refractivity (Wildman–Crippen MR) is 128 cm³/mol. The number of fused-ring (bicyclic) bond motifs is 1. The van der Waals surface area contributed by atoms with Crippen molar-refractivity contribution in [3.8, 4) is 11.5 Å². The van der Waals surface area contributed by atoms with Gasteiger partial charge in [0.25, 0.3) is 5.91 Å². The van der Waals surface area contributed by atoms with Gasteiger partial charge < -0.3 is 19.4 Å². The van der Waals surface area contributed by atoms with E-state index in [4.69, 9.17) is 9.52 Å². The molecule has 0 unspecified atom stereocenters. The molecular formula is C27H21N3O4. The second-order valence-corrected chi connectivity index (χ2v) is 7.88. The van der Waals surface area contributed by atoms with Gasteiger partial charge in [-0.15, -0.1) is 0 Å². The first-order chi connectivity index (χ1) is 16.6. The first kappa shape index (κ1) is 21.2. The number of carboxylic acid groups (broad SMARTS) is 1. The quantitative estimate of drug-likeness (QED) is 0.364. The summed E-state index contributed by atoms with van der Waals surface area (Å²) < 4.78 is 7.64. The van der Waals surface area contributed by atoms with Gasteiger partial charge in [0.05, 0.1) is 28.9 Å². The standard InChI is InChI=1S/C27H21N3O4/c31-25(28-15-18-9-11-21(12-10-18)27(32)33)23-8-4-7-19-13-14-30(24(19)23)16-22-17-34-26(29-22)20-5-2-1-3-6-20/h1-14,17H,15-16H2,(H,28,31)(H,32,33). The summed E-state index contributed by atoms with van der Waals surface area (Å²) in [5.74, 6) is -0.636.